The second-order valence-electron chi connectivity index (χ2n) is 10.4. The molecular weight excluding hydrogens is 552 g/mol. The Balaban J connectivity index is 2.87. The number of aliphatic carboxylic acids is 1. The van der Waals surface area contributed by atoms with Gasteiger partial charge in [-0.25, -0.2) is 4.79 Å². The van der Waals surface area contributed by atoms with Crippen LogP contribution in [0.2, 0.25) is 0 Å². The number of alkyl carbamates (subject to hydrolysis) is 1. The lowest BCUT2D eigenvalue weighted by atomic mass is 10.0. The number of carbonyl (C=O) groups excluding carboxylic acids is 4. The van der Waals surface area contributed by atoms with E-state index in [9.17, 15) is 24.0 Å². The zero-order valence-electron chi connectivity index (χ0n) is 24.4. The third-order valence-corrected chi connectivity index (χ3v) is 6.21. The highest BCUT2D eigenvalue weighted by Crippen LogP contribution is 2.17. The predicted molar refractivity (Wildman–Crippen MR) is 157 cm³/mol. The lowest BCUT2D eigenvalue weighted by Gasteiger charge is -2.25. The Bertz CT molecular complexity index is 1020. The maximum atomic E-state index is 13.2. The van der Waals surface area contributed by atoms with E-state index in [0.717, 1.165) is 5.56 Å². The molecule has 3 atom stereocenters. The van der Waals surface area contributed by atoms with Gasteiger partial charge in [-0.15, -0.1) is 0 Å². The first-order valence-electron chi connectivity index (χ1n) is 13.6. The molecule has 0 aliphatic heterocycles. The van der Waals surface area contributed by atoms with Crippen LogP contribution < -0.4 is 26.0 Å². The number of hydrogen-bond acceptors (Lipinski definition) is 8. The standard InChI is InChI=1S/C28H44N4O8S/c1-17(2)14-21(30-26(36)20(10-11-24(33)34)32-28(38)40-15-18(3)4)27(37)31-22(16-41)25(35)29-13-12-19-8-6-7-9-23(19)39-5/h6-9,17-18,20-22,41H,10-16H2,1-5H3,(H,29,35)(H,30,36)(H,31,37)(H,32,38)(H,33,34)/t20-,21-,22-/m0/s1. The largest absolute Gasteiger partial charge is 0.496 e. The van der Waals surface area contributed by atoms with Crippen molar-refractivity contribution in [3.63, 3.8) is 0 Å². The molecule has 0 spiro atoms. The molecule has 0 unspecified atom stereocenters. The molecule has 0 radical (unpaired) electrons. The summed E-state index contributed by atoms with van der Waals surface area (Å²) in [6.45, 7) is 7.82. The first-order chi connectivity index (χ1) is 19.4. The van der Waals surface area contributed by atoms with Crippen LogP contribution in [-0.2, 0) is 30.3 Å². The summed E-state index contributed by atoms with van der Waals surface area (Å²) in [4.78, 5) is 62.4. The molecule has 4 amide bonds. The van der Waals surface area contributed by atoms with E-state index in [4.69, 9.17) is 14.6 Å². The number of nitrogens with one attached hydrogen (secondary N) is 4. The first kappa shape index (κ1) is 35.5. The molecule has 0 saturated heterocycles. The second-order valence-corrected chi connectivity index (χ2v) is 10.8. The van der Waals surface area contributed by atoms with E-state index in [0.29, 0.717) is 18.7 Å². The molecule has 0 saturated carbocycles. The summed E-state index contributed by atoms with van der Waals surface area (Å²) < 4.78 is 10.4. The topological polar surface area (TPSA) is 172 Å². The molecule has 12 nitrogen and oxygen atoms in total. The van der Waals surface area contributed by atoms with Crippen molar-refractivity contribution in [2.45, 2.75) is 71.5 Å². The number of carboxylic acids is 1. The molecule has 1 rings (SSSR count). The Labute approximate surface area is 247 Å². The van der Waals surface area contributed by atoms with Gasteiger partial charge in [0, 0.05) is 18.7 Å². The van der Waals surface area contributed by atoms with Crippen molar-refractivity contribution >= 4 is 42.4 Å². The number of carbonyl (C=O) groups is 5. The molecule has 0 aliphatic carbocycles. The highest BCUT2D eigenvalue weighted by atomic mass is 32.1. The van der Waals surface area contributed by atoms with E-state index < -0.39 is 47.9 Å². The van der Waals surface area contributed by atoms with Crippen molar-refractivity contribution in [2.75, 3.05) is 26.0 Å². The van der Waals surface area contributed by atoms with Crippen LogP contribution in [-0.4, -0.2) is 79.0 Å². The summed E-state index contributed by atoms with van der Waals surface area (Å²) in [5.41, 5.74) is 0.917. The molecule has 1 aromatic carbocycles. The third-order valence-electron chi connectivity index (χ3n) is 5.84. The fraction of sp³-hybridized carbons (Fsp3) is 0.607. The van der Waals surface area contributed by atoms with E-state index in [1.165, 1.54) is 0 Å². The van der Waals surface area contributed by atoms with E-state index >= 15 is 0 Å². The fourth-order valence-electron chi connectivity index (χ4n) is 3.76. The lowest BCUT2D eigenvalue weighted by molar-refractivity contribution is -0.137. The highest BCUT2D eigenvalue weighted by molar-refractivity contribution is 7.80. The maximum absolute atomic E-state index is 13.2. The van der Waals surface area contributed by atoms with Crippen LogP contribution in [0.5, 0.6) is 5.75 Å². The van der Waals surface area contributed by atoms with Gasteiger partial charge in [0.1, 0.15) is 23.9 Å². The average molecular weight is 597 g/mol. The number of rotatable bonds is 18. The number of carboxylic acid groups (broad SMARTS) is 1. The van der Waals surface area contributed by atoms with Gasteiger partial charge in [-0.3, -0.25) is 19.2 Å². The van der Waals surface area contributed by atoms with Gasteiger partial charge in [0.05, 0.1) is 13.7 Å². The molecule has 0 heterocycles. The number of thiol groups is 1. The summed E-state index contributed by atoms with van der Waals surface area (Å²) in [6.07, 6.45) is -0.717. The summed E-state index contributed by atoms with van der Waals surface area (Å²) in [6, 6.07) is 4.18. The molecule has 41 heavy (non-hydrogen) atoms. The van der Waals surface area contributed by atoms with Gasteiger partial charge in [0.2, 0.25) is 17.7 Å². The van der Waals surface area contributed by atoms with Crippen LogP contribution in [0.25, 0.3) is 0 Å². The number of ether oxygens (including phenoxy) is 2. The minimum atomic E-state index is -1.24. The van der Waals surface area contributed by atoms with Gasteiger partial charge in [0.15, 0.2) is 0 Å². The molecule has 0 aromatic heterocycles. The van der Waals surface area contributed by atoms with Gasteiger partial charge >= 0.3 is 12.1 Å². The van der Waals surface area contributed by atoms with Gasteiger partial charge in [-0.2, -0.15) is 12.6 Å². The van der Waals surface area contributed by atoms with Crippen LogP contribution in [0.1, 0.15) is 52.5 Å². The minimum Gasteiger partial charge on any atom is -0.496 e. The summed E-state index contributed by atoms with van der Waals surface area (Å²) in [5.74, 6) is -2.17. The van der Waals surface area contributed by atoms with Crippen molar-refractivity contribution in [1.82, 2.24) is 21.3 Å². The van der Waals surface area contributed by atoms with Crippen molar-refractivity contribution < 1.29 is 38.6 Å². The summed E-state index contributed by atoms with van der Waals surface area (Å²) in [5, 5.41) is 19.5. The van der Waals surface area contributed by atoms with Gasteiger partial charge in [-0.1, -0.05) is 45.9 Å². The van der Waals surface area contributed by atoms with Crippen LogP contribution >= 0.6 is 12.6 Å². The van der Waals surface area contributed by atoms with Crippen LogP contribution in [0.4, 0.5) is 4.79 Å². The van der Waals surface area contributed by atoms with Crippen LogP contribution in [0.3, 0.4) is 0 Å². The number of methoxy groups -OCH3 is 1. The number of para-hydroxylation sites is 1. The number of hydrogen-bond donors (Lipinski definition) is 6. The smallest absolute Gasteiger partial charge is 0.407 e. The molecular formula is C28H44N4O8S. The Kier molecular flexibility index (Phi) is 16.3. The third kappa shape index (κ3) is 14.1. The second kappa shape index (κ2) is 18.8. The maximum Gasteiger partial charge on any atom is 0.407 e. The van der Waals surface area contributed by atoms with E-state index in [2.05, 4.69) is 33.9 Å². The lowest BCUT2D eigenvalue weighted by Crippen LogP contribution is -2.57. The zero-order chi connectivity index (χ0) is 30.9. The Morgan fingerprint density at radius 2 is 1.51 bits per heavy atom. The Hall–Kier alpha value is -3.48. The van der Waals surface area contributed by atoms with Crippen molar-refractivity contribution in [1.29, 1.82) is 0 Å². The molecule has 230 valence electrons. The quantitative estimate of drug-likeness (QED) is 0.140. The van der Waals surface area contributed by atoms with E-state index in [1.807, 2.05) is 52.0 Å². The van der Waals surface area contributed by atoms with Crippen molar-refractivity contribution in [3.05, 3.63) is 29.8 Å². The van der Waals surface area contributed by atoms with Gasteiger partial charge < -0.3 is 35.8 Å². The highest BCUT2D eigenvalue weighted by Gasteiger charge is 2.30. The first-order valence-corrected chi connectivity index (χ1v) is 14.3. The van der Waals surface area contributed by atoms with Gasteiger partial charge in [-0.05, 0) is 42.7 Å². The molecule has 0 bridgehead atoms. The SMILES string of the molecule is COc1ccccc1CCNC(=O)[C@H](CS)NC(=O)[C@H](CC(C)C)NC(=O)[C@H](CCC(=O)O)NC(=O)OCC(C)C. The summed E-state index contributed by atoms with van der Waals surface area (Å²) in [7, 11) is 1.57. The molecule has 5 N–H and O–H groups in total. The molecule has 1 aromatic rings. The fourth-order valence-corrected chi connectivity index (χ4v) is 4.01. The Morgan fingerprint density at radius 1 is 0.878 bits per heavy atom. The molecule has 13 heteroatoms. The van der Waals surface area contributed by atoms with E-state index in [-0.39, 0.29) is 43.5 Å². The Morgan fingerprint density at radius 3 is 2.10 bits per heavy atom. The normalized spacial score (nSPS) is 13.1. The monoisotopic (exact) mass is 596 g/mol. The summed E-state index contributed by atoms with van der Waals surface area (Å²) >= 11 is 4.21. The van der Waals surface area contributed by atoms with Gasteiger partial charge in [0.25, 0.3) is 0 Å². The van der Waals surface area contributed by atoms with Crippen LogP contribution in [0.15, 0.2) is 24.3 Å². The number of amides is 4. The zero-order valence-corrected chi connectivity index (χ0v) is 25.3. The minimum absolute atomic E-state index is 0.0130. The van der Waals surface area contributed by atoms with Crippen LogP contribution in [0, 0.1) is 11.8 Å². The predicted octanol–water partition coefficient (Wildman–Crippen LogP) is 1.91. The molecule has 0 aliphatic rings. The van der Waals surface area contributed by atoms with Crippen molar-refractivity contribution in [3.8, 4) is 5.75 Å². The average Bonchev–Trinajstić information content (AvgIpc) is 2.91. The molecule has 0 fully saturated rings. The van der Waals surface area contributed by atoms with Crippen molar-refractivity contribution in [2.24, 2.45) is 11.8 Å². The van der Waals surface area contributed by atoms with E-state index in [1.54, 1.807) is 7.11 Å². The number of benzene rings is 1.